The van der Waals surface area contributed by atoms with Crippen LogP contribution in [-0.4, -0.2) is 68.0 Å². The number of hydrogen-bond acceptors (Lipinski definition) is 6. The molecule has 3 heterocycles. The van der Waals surface area contributed by atoms with E-state index in [9.17, 15) is 13.2 Å². The predicted molar refractivity (Wildman–Crippen MR) is 96.1 cm³/mol. The zero-order valence-corrected chi connectivity index (χ0v) is 16.3. The Hall–Kier alpha value is -1.45. The summed E-state index contributed by atoms with van der Waals surface area (Å²) >= 11 is 0. The lowest BCUT2D eigenvalue weighted by molar-refractivity contribution is -0.132. The second-order valence-corrected chi connectivity index (χ2v) is 9.04. The van der Waals surface area contributed by atoms with E-state index < -0.39 is 10.0 Å². The summed E-state index contributed by atoms with van der Waals surface area (Å²) in [6, 6.07) is 0. The number of carbonyl (C=O) groups excluding carboxylic acids is 1. The molecule has 1 N–H and O–H groups in total. The lowest BCUT2D eigenvalue weighted by Crippen LogP contribution is -2.50. The molecule has 1 aromatic heterocycles. The van der Waals surface area contributed by atoms with Gasteiger partial charge in [0.2, 0.25) is 15.9 Å². The third-order valence-corrected chi connectivity index (χ3v) is 7.53. The number of sulfonamides is 1. The molecular formula is C17H28N4O4S. The van der Waals surface area contributed by atoms with E-state index in [1.165, 1.54) is 4.31 Å². The van der Waals surface area contributed by atoms with Crippen LogP contribution in [-0.2, 0) is 14.8 Å². The maximum atomic E-state index is 12.8. The van der Waals surface area contributed by atoms with Crippen molar-refractivity contribution in [3.8, 4) is 0 Å². The van der Waals surface area contributed by atoms with Crippen LogP contribution in [0.4, 0.5) is 0 Å². The zero-order valence-electron chi connectivity index (χ0n) is 15.5. The van der Waals surface area contributed by atoms with Gasteiger partial charge in [0, 0.05) is 32.6 Å². The summed E-state index contributed by atoms with van der Waals surface area (Å²) in [5.74, 6) is 1.07. The Morgan fingerprint density at radius 1 is 1.19 bits per heavy atom. The maximum Gasteiger partial charge on any atom is 0.248 e. The van der Waals surface area contributed by atoms with Crippen molar-refractivity contribution in [2.24, 2.45) is 5.92 Å². The van der Waals surface area contributed by atoms with Crippen molar-refractivity contribution in [1.29, 1.82) is 0 Å². The third kappa shape index (κ3) is 4.10. The van der Waals surface area contributed by atoms with Crippen LogP contribution < -0.4 is 5.32 Å². The zero-order chi connectivity index (χ0) is 18.7. The highest BCUT2D eigenvalue weighted by Gasteiger charge is 2.34. The van der Waals surface area contributed by atoms with Gasteiger partial charge >= 0.3 is 0 Å². The van der Waals surface area contributed by atoms with Crippen molar-refractivity contribution in [1.82, 2.24) is 19.7 Å². The topological polar surface area (TPSA) is 95.8 Å². The molecule has 2 aliphatic rings. The Labute approximate surface area is 154 Å². The van der Waals surface area contributed by atoms with Crippen molar-refractivity contribution in [2.75, 3.05) is 39.3 Å². The van der Waals surface area contributed by atoms with Gasteiger partial charge in [-0.2, -0.15) is 4.31 Å². The second-order valence-electron chi connectivity index (χ2n) is 7.17. The van der Waals surface area contributed by atoms with Crippen LogP contribution in [0.2, 0.25) is 0 Å². The average Bonchev–Trinajstić information content (AvgIpc) is 2.99. The van der Waals surface area contributed by atoms with Gasteiger partial charge in [-0.05, 0) is 52.1 Å². The third-order valence-electron chi connectivity index (χ3n) is 5.38. The molecule has 1 amide bonds. The molecule has 1 aromatic rings. The number of carbonyl (C=O) groups is 1. The number of aryl methyl sites for hydroxylation is 2. The Morgan fingerprint density at radius 3 is 2.42 bits per heavy atom. The van der Waals surface area contributed by atoms with E-state index in [1.54, 1.807) is 18.7 Å². The molecule has 0 bridgehead atoms. The van der Waals surface area contributed by atoms with Crippen molar-refractivity contribution in [3.63, 3.8) is 0 Å². The Kier molecular flexibility index (Phi) is 5.99. The van der Waals surface area contributed by atoms with Crippen molar-refractivity contribution in [3.05, 3.63) is 11.5 Å². The first-order chi connectivity index (χ1) is 12.4. The van der Waals surface area contributed by atoms with E-state index in [4.69, 9.17) is 4.52 Å². The molecule has 8 nitrogen and oxygen atoms in total. The van der Waals surface area contributed by atoms with Gasteiger partial charge in [0.1, 0.15) is 10.6 Å². The molecule has 146 valence electrons. The minimum absolute atomic E-state index is 0.137. The summed E-state index contributed by atoms with van der Waals surface area (Å²) in [6.07, 6.45) is 3.76. The predicted octanol–water partition coefficient (Wildman–Crippen LogP) is 0.904. The monoisotopic (exact) mass is 384 g/mol. The fourth-order valence-corrected chi connectivity index (χ4v) is 5.52. The normalized spacial score (nSPS) is 20.5. The first-order valence-corrected chi connectivity index (χ1v) is 10.7. The summed E-state index contributed by atoms with van der Waals surface area (Å²) in [5, 5.41) is 7.07. The van der Waals surface area contributed by atoms with Crippen molar-refractivity contribution >= 4 is 15.9 Å². The molecule has 0 spiro atoms. The lowest BCUT2D eigenvalue weighted by atomic mass is 9.93. The van der Waals surface area contributed by atoms with Crippen LogP contribution in [0.1, 0.15) is 37.1 Å². The lowest BCUT2D eigenvalue weighted by Gasteiger charge is -2.34. The van der Waals surface area contributed by atoms with Crippen LogP contribution in [0.3, 0.4) is 0 Å². The van der Waals surface area contributed by atoms with E-state index in [0.717, 1.165) is 32.4 Å². The first-order valence-electron chi connectivity index (χ1n) is 9.31. The van der Waals surface area contributed by atoms with E-state index in [0.29, 0.717) is 50.0 Å². The highest BCUT2D eigenvalue weighted by atomic mass is 32.2. The number of piperazine rings is 1. The number of nitrogens with one attached hydrogen (secondary N) is 1. The van der Waals surface area contributed by atoms with Crippen LogP contribution in [0.5, 0.6) is 0 Å². The highest BCUT2D eigenvalue weighted by Crippen LogP contribution is 2.24. The molecule has 0 unspecified atom stereocenters. The molecule has 2 aliphatic heterocycles. The van der Waals surface area contributed by atoms with Crippen molar-refractivity contribution in [2.45, 2.75) is 44.4 Å². The summed E-state index contributed by atoms with van der Waals surface area (Å²) < 4.78 is 32.1. The van der Waals surface area contributed by atoms with Gasteiger partial charge in [-0.3, -0.25) is 4.79 Å². The number of amides is 1. The van der Waals surface area contributed by atoms with E-state index in [1.807, 2.05) is 0 Å². The molecule has 2 saturated heterocycles. The van der Waals surface area contributed by atoms with Crippen LogP contribution in [0.25, 0.3) is 0 Å². The molecule has 3 rings (SSSR count). The molecule has 2 fully saturated rings. The van der Waals surface area contributed by atoms with Crippen LogP contribution in [0, 0.1) is 19.8 Å². The summed E-state index contributed by atoms with van der Waals surface area (Å²) in [5.41, 5.74) is 0.378. The first kappa shape index (κ1) is 19.3. The van der Waals surface area contributed by atoms with Crippen LogP contribution in [0.15, 0.2) is 9.42 Å². The van der Waals surface area contributed by atoms with Gasteiger partial charge in [-0.1, -0.05) is 5.16 Å². The Bertz CT molecular complexity index is 712. The molecule has 0 atom stereocenters. The largest absolute Gasteiger partial charge is 0.360 e. The summed E-state index contributed by atoms with van der Waals surface area (Å²) in [4.78, 5) is 14.4. The standard InChI is InChI=1S/C17H28N4O4S/c1-13-17(14(2)25-19-13)26(23,24)21-11-9-20(10-12-21)16(22)4-3-15-5-7-18-8-6-15/h15,18H,3-12H2,1-2H3. The molecule has 9 heteroatoms. The van der Waals surface area contributed by atoms with Gasteiger partial charge in [0.15, 0.2) is 5.76 Å². The molecular weight excluding hydrogens is 356 g/mol. The molecule has 0 radical (unpaired) electrons. The SMILES string of the molecule is Cc1noc(C)c1S(=O)(=O)N1CCN(C(=O)CCC2CCNCC2)CC1. The number of aromatic nitrogens is 1. The van der Waals surface area contributed by atoms with Gasteiger partial charge in [0.25, 0.3) is 0 Å². The quantitative estimate of drug-likeness (QED) is 0.810. The molecule has 0 aromatic carbocycles. The fourth-order valence-electron chi connectivity index (χ4n) is 3.81. The molecule has 0 aliphatic carbocycles. The minimum atomic E-state index is -3.63. The minimum Gasteiger partial charge on any atom is -0.360 e. The van der Waals surface area contributed by atoms with Crippen molar-refractivity contribution < 1.29 is 17.7 Å². The second kappa shape index (κ2) is 8.06. The van der Waals surface area contributed by atoms with E-state index >= 15 is 0 Å². The fraction of sp³-hybridized carbons (Fsp3) is 0.765. The van der Waals surface area contributed by atoms with Gasteiger partial charge in [-0.15, -0.1) is 0 Å². The Balaban J connectivity index is 1.53. The number of rotatable bonds is 5. The molecule has 26 heavy (non-hydrogen) atoms. The number of hydrogen-bond donors (Lipinski definition) is 1. The maximum absolute atomic E-state index is 12.8. The number of nitrogens with zero attached hydrogens (tertiary/aromatic N) is 3. The highest BCUT2D eigenvalue weighted by molar-refractivity contribution is 7.89. The Morgan fingerprint density at radius 2 is 1.85 bits per heavy atom. The smallest absolute Gasteiger partial charge is 0.248 e. The molecule has 0 saturated carbocycles. The van der Waals surface area contributed by atoms with Gasteiger partial charge in [0.05, 0.1) is 0 Å². The van der Waals surface area contributed by atoms with E-state index in [2.05, 4.69) is 10.5 Å². The van der Waals surface area contributed by atoms with Crippen LogP contribution >= 0.6 is 0 Å². The average molecular weight is 385 g/mol. The van der Waals surface area contributed by atoms with Gasteiger partial charge < -0.3 is 14.7 Å². The summed E-state index contributed by atoms with van der Waals surface area (Å²) in [6.45, 7) is 6.81. The van der Waals surface area contributed by atoms with E-state index in [-0.39, 0.29) is 10.8 Å². The van der Waals surface area contributed by atoms with Gasteiger partial charge in [-0.25, -0.2) is 8.42 Å². The number of piperidine rings is 1. The summed E-state index contributed by atoms with van der Waals surface area (Å²) in [7, 11) is -3.63.